The average Bonchev–Trinajstić information content (AvgIpc) is 2.56. The maximum atomic E-state index is 12.2. The molecule has 1 aromatic heterocycles. The molecule has 2 aromatic carbocycles. The van der Waals surface area contributed by atoms with Gasteiger partial charge >= 0.3 is 0 Å². The van der Waals surface area contributed by atoms with Gasteiger partial charge in [-0.25, -0.2) is 0 Å². The number of ketones is 2. The van der Waals surface area contributed by atoms with Crippen molar-refractivity contribution in [1.82, 2.24) is 4.98 Å². The number of H-pyrrole nitrogens is 1. The molecule has 114 valence electrons. The standard InChI is InChI=1S/C18H12ClNO3/c19-15-10-14-12(6-7-20-18(14)23)8-13(15)9-16(21)17(22)11-4-2-1-3-5-11/h1-8,10H,9H2,(H,20,23). The zero-order chi connectivity index (χ0) is 16.4. The summed E-state index contributed by atoms with van der Waals surface area (Å²) < 4.78 is 0. The summed E-state index contributed by atoms with van der Waals surface area (Å²) in [5, 5.41) is 1.42. The number of halogens is 1. The molecule has 1 heterocycles. The highest BCUT2D eigenvalue weighted by molar-refractivity contribution is 6.44. The molecular weight excluding hydrogens is 314 g/mol. The van der Waals surface area contributed by atoms with Crippen molar-refractivity contribution >= 4 is 33.9 Å². The number of carbonyl (C=O) groups excluding carboxylic acids is 2. The Labute approximate surface area is 136 Å². The number of aromatic nitrogens is 1. The predicted molar refractivity (Wildman–Crippen MR) is 89.1 cm³/mol. The van der Waals surface area contributed by atoms with Gasteiger partial charge in [0.2, 0.25) is 11.6 Å². The fourth-order valence-corrected chi connectivity index (χ4v) is 2.63. The smallest absolute Gasteiger partial charge is 0.255 e. The second kappa shape index (κ2) is 6.18. The van der Waals surface area contributed by atoms with Gasteiger partial charge in [0, 0.05) is 28.6 Å². The Hall–Kier alpha value is -2.72. The van der Waals surface area contributed by atoms with Gasteiger partial charge in [-0.1, -0.05) is 41.9 Å². The molecule has 0 saturated carbocycles. The third-order valence-electron chi connectivity index (χ3n) is 3.58. The number of Topliss-reactive ketones (excluding diaryl/α,β-unsaturated/α-hetero) is 2. The van der Waals surface area contributed by atoms with Crippen LogP contribution in [0, 0.1) is 0 Å². The van der Waals surface area contributed by atoms with Crippen molar-refractivity contribution < 1.29 is 9.59 Å². The van der Waals surface area contributed by atoms with E-state index in [2.05, 4.69) is 4.98 Å². The molecule has 23 heavy (non-hydrogen) atoms. The number of hydrogen-bond donors (Lipinski definition) is 1. The van der Waals surface area contributed by atoms with E-state index in [1.54, 1.807) is 42.5 Å². The van der Waals surface area contributed by atoms with E-state index < -0.39 is 11.6 Å². The van der Waals surface area contributed by atoms with Crippen LogP contribution in [0.4, 0.5) is 0 Å². The van der Waals surface area contributed by atoms with Crippen LogP contribution in [0.3, 0.4) is 0 Å². The highest BCUT2D eigenvalue weighted by Crippen LogP contribution is 2.23. The summed E-state index contributed by atoms with van der Waals surface area (Å²) in [6.45, 7) is 0. The fourth-order valence-electron chi connectivity index (χ4n) is 2.40. The summed E-state index contributed by atoms with van der Waals surface area (Å²) in [5.41, 5.74) is 0.632. The number of nitrogens with one attached hydrogen (secondary N) is 1. The van der Waals surface area contributed by atoms with E-state index in [-0.39, 0.29) is 12.0 Å². The Morgan fingerprint density at radius 2 is 1.78 bits per heavy atom. The molecule has 0 aliphatic rings. The second-order valence-corrected chi connectivity index (χ2v) is 5.54. The largest absolute Gasteiger partial charge is 0.329 e. The van der Waals surface area contributed by atoms with Crippen molar-refractivity contribution in [1.29, 1.82) is 0 Å². The zero-order valence-electron chi connectivity index (χ0n) is 12.0. The van der Waals surface area contributed by atoms with Crippen molar-refractivity contribution in [3.8, 4) is 0 Å². The summed E-state index contributed by atoms with van der Waals surface area (Å²) in [7, 11) is 0. The molecule has 0 spiro atoms. The average molecular weight is 326 g/mol. The molecule has 0 radical (unpaired) electrons. The van der Waals surface area contributed by atoms with Crippen LogP contribution in [0.25, 0.3) is 10.8 Å². The van der Waals surface area contributed by atoms with Gasteiger partial charge in [-0.3, -0.25) is 14.4 Å². The molecule has 1 N–H and O–H groups in total. The maximum Gasteiger partial charge on any atom is 0.255 e. The van der Waals surface area contributed by atoms with Gasteiger partial charge in [0.15, 0.2) is 0 Å². The first-order valence-electron chi connectivity index (χ1n) is 6.98. The highest BCUT2D eigenvalue weighted by Gasteiger charge is 2.18. The Morgan fingerprint density at radius 3 is 2.52 bits per heavy atom. The Kier molecular flexibility index (Phi) is 4.08. The van der Waals surface area contributed by atoms with Crippen LogP contribution in [0.2, 0.25) is 5.02 Å². The van der Waals surface area contributed by atoms with Crippen LogP contribution in [0.5, 0.6) is 0 Å². The Balaban J connectivity index is 1.92. The fraction of sp³-hybridized carbons (Fsp3) is 0.0556. The van der Waals surface area contributed by atoms with Gasteiger partial charge in [-0.15, -0.1) is 0 Å². The van der Waals surface area contributed by atoms with Crippen LogP contribution < -0.4 is 5.56 Å². The van der Waals surface area contributed by atoms with Gasteiger partial charge < -0.3 is 4.98 Å². The molecule has 0 aliphatic heterocycles. The van der Waals surface area contributed by atoms with Crippen LogP contribution in [-0.4, -0.2) is 16.6 Å². The van der Waals surface area contributed by atoms with E-state index in [0.717, 1.165) is 0 Å². The van der Waals surface area contributed by atoms with E-state index >= 15 is 0 Å². The first-order valence-corrected chi connectivity index (χ1v) is 7.36. The number of fused-ring (bicyclic) bond motifs is 1. The highest BCUT2D eigenvalue weighted by atomic mass is 35.5. The van der Waals surface area contributed by atoms with Gasteiger partial charge in [0.1, 0.15) is 0 Å². The lowest BCUT2D eigenvalue weighted by Crippen LogP contribution is -2.17. The first kappa shape index (κ1) is 15.2. The van der Waals surface area contributed by atoms with Gasteiger partial charge in [0.25, 0.3) is 5.56 Å². The summed E-state index contributed by atoms with van der Waals surface area (Å²) in [4.78, 5) is 38.6. The monoisotopic (exact) mass is 325 g/mol. The topological polar surface area (TPSA) is 67.0 Å². The van der Waals surface area contributed by atoms with Gasteiger partial charge in [-0.2, -0.15) is 0 Å². The van der Waals surface area contributed by atoms with E-state index in [0.29, 0.717) is 26.9 Å². The van der Waals surface area contributed by atoms with Crippen molar-refractivity contribution in [3.05, 3.63) is 81.2 Å². The van der Waals surface area contributed by atoms with Crippen molar-refractivity contribution in [2.45, 2.75) is 6.42 Å². The van der Waals surface area contributed by atoms with E-state index in [4.69, 9.17) is 11.6 Å². The zero-order valence-corrected chi connectivity index (χ0v) is 12.8. The minimum absolute atomic E-state index is 0.102. The molecule has 5 heteroatoms. The minimum atomic E-state index is -0.548. The quantitative estimate of drug-likeness (QED) is 0.592. The Morgan fingerprint density at radius 1 is 1.04 bits per heavy atom. The molecule has 0 amide bonds. The summed E-state index contributed by atoms with van der Waals surface area (Å²) in [5.74, 6) is -1.09. The number of rotatable bonds is 4. The number of benzene rings is 2. The molecule has 4 nitrogen and oxygen atoms in total. The third-order valence-corrected chi connectivity index (χ3v) is 3.93. The maximum absolute atomic E-state index is 12.2. The molecule has 0 fully saturated rings. The van der Waals surface area contributed by atoms with Gasteiger partial charge in [-0.05, 0) is 29.1 Å². The van der Waals surface area contributed by atoms with Crippen LogP contribution in [-0.2, 0) is 11.2 Å². The summed E-state index contributed by atoms with van der Waals surface area (Å²) >= 11 is 6.15. The Bertz CT molecular complexity index is 961. The molecule has 0 aliphatic carbocycles. The van der Waals surface area contributed by atoms with E-state index in [1.807, 2.05) is 0 Å². The van der Waals surface area contributed by atoms with Crippen LogP contribution in [0.15, 0.2) is 59.5 Å². The third kappa shape index (κ3) is 3.07. The molecule has 0 unspecified atom stereocenters. The van der Waals surface area contributed by atoms with E-state index in [9.17, 15) is 14.4 Å². The second-order valence-electron chi connectivity index (χ2n) is 5.13. The van der Waals surface area contributed by atoms with Crippen molar-refractivity contribution in [3.63, 3.8) is 0 Å². The lowest BCUT2D eigenvalue weighted by molar-refractivity contribution is -0.114. The SMILES string of the molecule is O=C(Cc1cc2cc[nH]c(=O)c2cc1Cl)C(=O)c1ccccc1. The van der Waals surface area contributed by atoms with E-state index in [1.165, 1.54) is 12.3 Å². The normalized spacial score (nSPS) is 10.7. The van der Waals surface area contributed by atoms with Crippen LogP contribution in [0.1, 0.15) is 15.9 Å². The number of carbonyl (C=O) groups is 2. The van der Waals surface area contributed by atoms with Gasteiger partial charge in [0.05, 0.1) is 0 Å². The first-order chi connectivity index (χ1) is 11.1. The molecule has 0 atom stereocenters. The van der Waals surface area contributed by atoms with Crippen molar-refractivity contribution in [2.24, 2.45) is 0 Å². The molecule has 3 rings (SSSR count). The number of hydrogen-bond acceptors (Lipinski definition) is 3. The summed E-state index contributed by atoms with van der Waals surface area (Å²) in [6.07, 6.45) is 1.43. The lowest BCUT2D eigenvalue weighted by Gasteiger charge is -2.06. The molecule has 0 bridgehead atoms. The lowest BCUT2D eigenvalue weighted by atomic mass is 9.99. The molecule has 3 aromatic rings. The van der Waals surface area contributed by atoms with Crippen molar-refractivity contribution in [2.75, 3.05) is 0 Å². The number of aromatic amines is 1. The summed E-state index contributed by atoms with van der Waals surface area (Å²) in [6, 6.07) is 13.3. The number of pyridine rings is 1. The minimum Gasteiger partial charge on any atom is -0.329 e. The molecular formula is C18H12ClNO3. The predicted octanol–water partition coefficient (Wildman–Crippen LogP) is 3.18. The molecule has 0 saturated heterocycles. The van der Waals surface area contributed by atoms with Crippen LogP contribution >= 0.6 is 11.6 Å².